The van der Waals surface area contributed by atoms with Gasteiger partial charge in [-0.25, -0.2) is 14.6 Å². The highest BCUT2D eigenvalue weighted by Crippen LogP contribution is 2.31. The molecule has 0 bridgehead atoms. The third kappa shape index (κ3) is 2.10. The van der Waals surface area contributed by atoms with Crippen molar-refractivity contribution in [2.45, 2.75) is 29.9 Å². The fraction of sp³-hybridized carbons (Fsp3) is 0.545. The van der Waals surface area contributed by atoms with E-state index < -0.39 is 18.4 Å². The van der Waals surface area contributed by atoms with Gasteiger partial charge in [0, 0.05) is 6.42 Å². The van der Waals surface area contributed by atoms with Crippen molar-refractivity contribution in [2.24, 2.45) is 0 Å². The maximum absolute atomic E-state index is 9.77. The Balaban J connectivity index is 1.98. The molecule has 0 aromatic carbocycles. The zero-order chi connectivity index (χ0) is 13.4. The Morgan fingerprint density at radius 3 is 3.05 bits per heavy atom. The second kappa shape index (κ2) is 5.04. The highest BCUT2D eigenvalue weighted by Gasteiger charge is 2.35. The Labute approximate surface area is 113 Å². The van der Waals surface area contributed by atoms with Crippen LogP contribution in [0.1, 0.15) is 12.6 Å². The van der Waals surface area contributed by atoms with Gasteiger partial charge in [-0.2, -0.15) is 5.10 Å². The molecule has 0 aliphatic carbocycles. The molecular formula is C11H14N4O3S. The summed E-state index contributed by atoms with van der Waals surface area (Å²) < 4.78 is 7.22. The second-order valence-corrected chi connectivity index (χ2v) is 5.12. The van der Waals surface area contributed by atoms with Crippen LogP contribution in [0.25, 0.3) is 11.0 Å². The van der Waals surface area contributed by atoms with E-state index in [9.17, 15) is 5.11 Å². The Bertz CT molecular complexity index is 590. The highest BCUT2D eigenvalue weighted by molar-refractivity contribution is 7.98. The van der Waals surface area contributed by atoms with E-state index in [2.05, 4.69) is 15.1 Å². The smallest absolute Gasteiger partial charge is 0.164 e. The number of rotatable bonds is 3. The van der Waals surface area contributed by atoms with E-state index in [0.717, 1.165) is 10.4 Å². The van der Waals surface area contributed by atoms with Crippen molar-refractivity contribution in [1.29, 1.82) is 0 Å². The van der Waals surface area contributed by atoms with E-state index in [1.807, 2.05) is 6.26 Å². The summed E-state index contributed by atoms with van der Waals surface area (Å²) in [6, 6.07) is 0. The quantitative estimate of drug-likeness (QED) is 0.613. The Morgan fingerprint density at radius 2 is 2.37 bits per heavy atom. The van der Waals surface area contributed by atoms with Crippen molar-refractivity contribution >= 4 is 22.8 Å². The number of hydrogen-bond acceptors (Lipinski definition) is 7. The molecule has 0 amide bonds. The fourth-order valence-electron chi connectivity index (χ4n) is 2.24. The van der Waals surface area contributed by atoms with Gasteiger partial charge in [0.1, 0.15) is 17.5 Å². The van der Waals surface area contributed by atoms with E-state index in [4.69, 9.17) is 9.84 Å². The summed E-state index contributed by atoms with van der Waals surface area (Å²) in [4.78, 5) is 8.40. The normalized spacial score (nSPS) is 27.2. The molecule has 3 heterocycles. The molecule has 3 atom stereocenters. The van der Waals surface area contributed by atoms with Crippen molar-refractivity contribution in [3.63, 3.8) is 0 Å². The summed E-state index contributed by atoms with van der Waals surface area (Å²) in [6.45, 7) is -0.206. The molecule has 1 saturated heterocycles. The third-order valence-electron chi connectivity index (χ3n) is 3.20. The summed E-state index contributed by atoms with van der Waals surface area (Å²) in [6.07, 6.45) is 3.86. The molecule has 1 aliphatic heterocycles. The number of fused-ring (bicyclic) bond motifs is 1. The summed E-state index contributed by atoms with van der Waals surface area (Å²) >= 11 is 1.53. The van der Waals surface area contributed by atoms with Crippen LogP contribution >= 0.6 is 11.8 Å². The molecule has 0 saturated carbocycles. The van der Waals surface area contributed by atoms with Crippen molar-refractivity contribution in [2.75, 3.05) is 12.9 Å². The van der Waals surface area contributed by atoms with Crippen LogP contribution in [0.5, 0.6) is 0 Å². The van der Waals surface area contributed by atoms with Crippen molar-refractivity contribution in [3.05, 3.63) is 12.5 Å². The molecule has 1 aliphatic rings. The SMILES string of the molecule is CSc1ncnc2c1cnn2[C@H]1C[C@H](O)[C@@H](CO)O1. The van der Waals surface area contributed by atoms with Crippen LogP contribution < -0.4 is 0 Å². The molecule has 2 aromatic heterocycles. The van der Waals surface area contributed by atoms with Gasteiger partial charge in [0.15, 0.2) is 11.9 Å². The topological polar surface area (TPSA) is 93.3 Å². The fourth-order valence-corrected chi connectivity index (χ4v) is 2.76. The van der Waals surface area contributed by atoms with Crippen molar-refractivity contribution in [3.8, 4) is 0 Å². The number of ether oxygens (including phenoxy) is 1. The molecular weight excluding hydrogens is 268 g/mol. The van der Waals surface area contributed by atoms with Gasteiger partial charge in [0.05, 0.1) is 24.3 Å². The van der Waals surface area contributed by atoms with E-state index in [1.54, 1.807) is 10.9 Å². The minimum atomic E-state index is -0.684. The Morgan fingerprint density at radius 1 is 1.53 bits per heavy atom. The molecule has 1 fully saturated rings. The van der Waals surface area contributed by atoms with Gasteiger partial charge in [-0.3, -0.25) is 0 Å². The number of hydrogen-bond donors (Lipinski definition) is 2. The summed E-state index contributed by atoms with van der Waals surface area (Å²) in [5.74, 6) is 0. The predicted octanol–water partition coefficient (Wildman–Crippen LogP) is 0.189. The van der Waals surface area contributed by atoms with Crippen LogP contribution in [0.4, 0.5) is 0 Å². The zero-order valence-corrected chi connectivity index (χ0v) is 11.1. The lowest BCUT2D eigenvalue weighted by Gasteiger charge is -2.12. The van der Waals surface area contributed by atoms with Gasteiger partial charge >= 0.3 is 0 Å². The van der Waals surface area contributed by atoms with Gasteiger partial charge < -0.3 is 14.9 Å². The van der Waals surface area contributed by atoms with Crippen LogP contribution in [0.3, 0.4) is 0 Å². The molecule has 0 radical (unpaired) electrons. The number of aliphatic hydroxyl groups excluding tert-OH is 2. The van der Waals surface area contributed by atoms with E-state index in [1.165, 1.54) is 18.1 Å². The molecule has 8 heteroatoms. The summed E-state index contributed by atoms with van der Waals surface area (Å²) in [5.41, 5.74) is 0.676. The lowest BCUT2D eigenvalue weighted by molar-refractivity contribution is -0.0470. The Kier molecular flexibility index (Phi) is 3.40. The third-order valence-corrected chi connectivity index (χ3v) is 3.92. The minimum Gasteiger partial charge on any atom is -0.394 e. The lowest BCUT2D eigenvalue weighted by atomic mass is 10.2. The van der Waals surface area contributed by atoms with E-state index in [0.29, 0.717) is 12.1 Å². The average Bonchev–Trinajstić information content (AvgIpc) is 3.01. The molecule has 0 unspecified atom stereocenters. The first kappa shape index (κ1) is 12.8. The van der Waals surface area contributed by atoms with E-state index in [-0.39, 0.29) is 6.61 Å². The largest absolute Gasteiger partial charge is 0.394 e. The van der Waals surface area contributed by atoms with Gasteiger partial charge in [-0.05, 0) is 6.26 Å². The summed E-state index contributed by atoms with van der Waals surface area (Å²) in [7, 11) is 0. The summed E-state index contributed by atoms with van der Waals surface area (Å²) in [5, 5.41) is 24.9. The molecule has 7 nitrogen and oxygen atoms in total. The maximum atomic E-state index is 9.77. The van der Waals surface area contributed by atoms with Gasteiger partial charge in [-0.15, -0.1) is 11.8 Å². The molecule has 2 N–H and O–H groups in total. The number of thioether (sulfide) groups is 1. The monoisotopic (exact) mass is 282 g/mol. The zero-order valence-electron chi connectivity index (χ0n) is 10.3. The second-order valence-electron chi connectivity index (χ2n) is 4.32. The first-order valence-electron chi connectivity index (χ1n) is 5.91. The first-order chi connectivity index (χ1) is 9.24. The standard InChI is InChI=1S/C11H14N4O3S/c1-19-11-6-3-14-15(10(6)12-5-13-11)9-2-7(17)8(4-16)18-9/h3,5,7-9,16-17H,2,4H2,1H3/t7-,8+,9+/m0/s1. The average molecular weight is 282 g/mol. The molecule has 102 valence electrons. The molecule has 3 rings (SSSR count). The van der Waals surface area contributed by atoms with E-state index >= 15 is 0 Å². The van der Waals surface area contributed by atoms with Crippen LogP contribution in [0, 0.1) is 0 Å². The number of aromatic nitrogens is 4. The molecule has 19 heavy (non-hydrogen) atoms. The lowest BCUT2D eigenvalue weighted by Crippen LogP contribution is -2.24. The van der Waals surface area contributed by atoms with Crippen molar-refractivity contribution < 1.29 is 14.9 Å². The van der Waals surface area contributed by atoms with Gasteiger partial charge in [-0.1, -0.05) is 0 Å². The predicted molar refractivity (Wildman–Crippen MR) is 68.7 cm³/mol. The first-order valence-corrected chi connectivity index (χ1v) is 7.13. The number of aliphatic hydroxyl groups is 2. The molecule has 2 aromatic rings. The Hall–Kier alpha value is -1.22. The van der Waals surface area contributed by atoms with Gasteiger partial charge in [0.25, 0.3) is 0 Å². The highest BCUT2D eigenvalue weighted by atomic mass is 32.2. The minimum absolute atomic E-state index is 0.206. The maximum Gasteiger partial charge on any atom is 0.164 e. The van der Waals surface area contributed by atoms with Crippen LogP contribution in [0.2, 0.25) is 0 Å². The van der Waals surface area contributed by atoms with Crippen LogP contribution in [0.15, 0.2) is 17.6 Å². The van der Waals surface area contributed by atoms with Crippen LogP contribution in [-0.4, -0.2) is 55.0 Å². The van der Waals surface area contributed by atoms with Crippen LogP contribution in [-0.2, 0) is 4.74 Å². The molecule has 0 spiro atoms. The number of nitrogens with zero attached hydrogens (tertiary/aromatic N) is 4. The van der Waals surface area contributed by atoms with Gasteiger partial charge in [0.2, 0.25) is 0 Å². The van der Waals surface area contributed by atoms with Crippen molar-refractivity contribution in [1.82, 2.24) is 19.7 Å².